The zero-order valence-electron chi connectivity index (χ0n) is 5.96. The van der Waals surface area contributed by atoms with Crippen LogP contribution in [0.1, 0.15) is 13.8 Å². The van der Waals surface area contributed by atoms with Crippen molar-refractivity contribution in [2.75, 3.05) is 13.4 Å². The minimum Gasteiger partial charge on any atom is -0.352 e. The maximum absolute atomic E-state index is 11.0. The highest BCUT2D eigenvalue weighted by molar-refractivity contribution is 7.88. The van der Waals surface area contributed by atoms with Crippen molar-refractivity contribution in [2.45, 2.75) is 18.6 Å². The number of hydrogen-bond donors (Lipinski definition) is 0. The standard InChI is InChI=1S/C5H10O4S/c1-5(2)3-8-4-9-10(5,6)7/h3-4H2,1-2H3. The summed E-state index contributed by atoms with van der Waals surface area (Å²) >= 11 is 0. The van der Waals surface area contributed by atoms with Crippen molar-refractivity contribution in [3.05, 3.63) is 0 Å². The van der Waals surface area contributed by atoms with E-state index < -0.39 is 14.9 Å². The summed E-state index contributed by atoms with van der Waals surface area (Å²) in [5.41, 5.74) is 0. The maximum Gasteiger partial charge on any atom is 0.277 e. The van der Waals surface area contributed by atoms with Crippen molar-refractivity contribution >= 4 is 10.1 Å². The zero-order chi connectivity index (χ0) is 7.83. The summed E-state index contributed by atoms with van der Waals surface area (Å²) in [4.78, 5) is 0. The number of rotatable bonds is 0. The number of ether oxygens (including phenoxy) is 1. The second kappa shape index (κ2) is 2.18. The Morgan fingerprint density at radius 3 is 2.30 bits per heavy atom. The van der Waals surface area contributed by atoms with Crippen molar-refractivity contribution in [1.29, 1.82) is 0 Å². The van der Waals surface area contributed by atoms with Crippen LogP contribution in [-0.2, 0) is 19.0 Å². The lowest BCUT2D eigenvalue weighted by Gasteiger charge is -2.27. The fourth-order valence-corrected chi connectivity index (χ4v) is 1.36. The molecule has 1 rings (SSSR count). The SMILES string of the molecule is CC1(C)COCOS1(=O)=O. The molecule has 0 saturated carbocycles. The summed E-state index contributed by atoms with van der Waals surface area (Å²) in [7, 11) is -3.39. The monoisotopic (exact) mass is 166 g/mol. The highest BCUT2D eigenvalue weighted by Gasteiger charge is 2.38. The van der Waals surface area contributed by atoms with Crippen molar-refractivity contribution in [2.24, 2.45) is 0 Å². The normalized spacial score (nSPS) is 29.8. The van der Waals surface area contributed by atoms with Crippen molar-refractivity contribution in [3.8, 4) is 0 Å². The fraction of sp³-hybridized carbons (Fsp3) is 1.00. The predicted molar refractivity (Wildman–Crippen MR) is 34.9 cm³/mol. The summed E-state index contributed by atoms with van der Waals surface area (Å²) in [6, 6.07) is 0. The van der Waals surface area contributed by atoms with Crippen LogP contribution >= 0.6 is 0 Å². The minimum absolute atomic E-state index is 0.147. The molecule has 0 atom stereocenters. The third kappa shape index (κ3) is 1.16. The first-order valence-electron chi connectivity index (χ1n) is 2.92. The van der Waals surface area contributed by atoms with Crippen LogP contribution in [0.2, 0.25) is 0 Å². The molecule has 0 aromatic heterocycles. The van der Waals surface area contributed by atoms with Crippen LogP contribution in [0, 0.1) is 0 Å². The van der Waals surface area contributed by atoms with Gasteiger partial charge in [-0.3, -0.25) is 0 Å². The average Bonchev–Trinajstić information content (AvgIpc) is 1.77. The van der Waals surface area contributed by atoms with Gasteiger partial charge in [0, 0.05) is 0 Å². The average molecular weight is 166 g/mol. The molecule has 0 aromatic rings. The lowest BCUT2D eigenvalue weighted by Crippen LogP contribution is -2.42. The first-order valence-corrected chi connectivity index (χ1v) is 4.33. The molecule has 60 valence electrons. The number of hydrogen-bond acceptors (Lipinski definition) is 4. The van der Waals surface area contributed by atoms with Crippen LogP contribution in [-0.4, -0.2) is 26.6 Å². The van der Waals surface area contributed by atoms with E-state index in [-0.39, 0.29) is 13.4 Å². The molecule has 1 fully saturated rings. The Hall–Kier alpha value is -0.130. The smallest absolute Gasteiger partial charge is 0.277 e. The fourth-order valence-electron chi connectivity index (χ4n) is 0.617. The molecule has 0 aliphatic carbocycles. The van der Waals surface area contributed by atoms with Crippen molar-refractivity contribution in [3.63, 3.8) is 0 Å². The second-order valence-corrected chi connectivity index (χ2v) is 5.05. The van der Waals surface area contributed by atoms with Gasteiger partial charge in [-0.2, -0.15) is 8.42 Å². The molecule has 1 saturated heterocycles. The van der Waals surface area contributed by atoms with Crippen LogP contribution in [0.25, 0.3) is 0 Å². The van der Waals surface area contributed by atoms with Gasteiger partial charge in [0.05, 0.1) is 6.61 Å². The largest absolute Gasteiger partial charge is 0.352 e. The summed E-state index contributed by atoms with van der Waals surface area (Å²) in [5.74, 6) is 0. The summed E-state index contributed by atoms with van der Waals surface area (Å²) < 4.78 is 30.4. The highest BCUT2D eigenvalue weighted by atomic mass is 32.2. The van der Waals surface area contributed by atoms with E-state index in [4.69, 9.17) is 4.74 Å². The Kier molecular flexibility index (Phi) is 1.74. The van der Waals surface area contributed by atoms with E-state index in [2.05, 4.69) is 4.18 Å². The van der Waals surface area contributed by atoms with Crippen molar-refractivity contribution < 1.29 is 17.3 Å². The van der Waals surface area contributed by atoms with Gasteiger partial charge in [-0.1, -0.05) is 0 Å². The molecule has 0 radical (unpaired) electrons. The minimum atomic E-state index is -3.39. The van der Waals surface area contributed by atoms with E-state index in [1.807, 2.05) is 0 Å². The van der Waals surface area contributed by atoms with Crippen LogP contribution in [0.3, 0.4) is 0 Å². The van der Waals surface area contributed by atoms with E-state index in [0.717, 1.165) is 0 Å². The zero-order valence-corrected chi connectivity index (χ0v) is 6.77. The van der Waals surface area contributed by atoms with Gasteiger partial charge in [-0.25, -0.2) is 4.18 Å². The molecular formula is C5H10O4S. The Balaban J connectivity index is 2.92. The molecule has 5 heteroatoms. The van der Waals surface area contributed by atoms with Crippen LogP contribution in [0.15, 0.2) is 0 Å². The molecule has 0 N–H and O–H groups in total. The topological polar surface area (TPSA) is 52.6 Å². The van der Waals surface area contributed by atoms with Gasteiger partial charge < -0.3 is 4.74 Å². The van der Waals surface area contributed by atoms with E-state index in [0.29, 0.717) is 0 Å². The highest BCUT2D eigenvalue weighted by Crippen LogP contribution is 2.22. The molecule has 1 aliphatic heterocycles. The first-order chi connectivity index (χ1) is 4.46. The van der Waals surface area contributed by atoms with Crippen molar-refractivity contribution in [1.82, 2.24) is 0 Å². The van der Waals surface area contributed by atoms with Gasteiger partial charge in [0.25, 0.3) is 10.1 Å². The maximum atomic E-state index is 11.0. The molecule has 0 unspecified atom stereocenters. The van der Waals surface area contributed by atoms with Crippen LogP contribution in [0.4, 0.5) is 0 Å². The lowest BCUT2D eigenvalue weighted by atomic mass is 10.2. The molecule has 0 spiro atoms. The Morgan fingerprint density at radius 2 is 2.00 bits per heavy atom. The first kappa shape index (κ1) is 7.97. The third-order valence-corrected chi connectivity index (χ3v) is 3.29. The molecule has 1 heterocycles. The van der Waals surface area contributed by atoms with Gasteiger partial charge >= 0.3 is 0 Å². The van der Waals surface area contributed by atoms with E-state index >= 15 is 0 Å². The lowest BCUT2D eigenvalue weighted by molar-refractivity contribution is -0.0162. The molecular weight excluding hydrogens is 156 g/mol. The Labute approximate surface area is 60.3 Å². The molecule has 0 aromatic carbocycles. The van der Waals surface area contributed by atoms with E-state index in [1.54, 1.807) is 13.8 Å². The van der Waals surface area contributed by atoms with E-state index in [9.17, 15) is 8.42 Å². The van der Waals surface area contributed by atoms with E-state index in [1.165, 1.54) is 0 Å². The third-order valence-electron chi connectivity index (χ3n) is 1.41. The molecule has 1 aliphatic rings. The van der Waals surface area contributed by atoms with Crippen LogP contribution < -0.4 is 0 Å². The summed E-state index contributed by atoms with van der Waals surface area (Å²) in [5, 5.41) is 0. The molecule has 0 amide bonds. The summed E-state index contributed by atoms with van der Waals surface area (Å²) in [6.07, 6.45) is 0. The Bertz CT molecular complexity index is 216. The molecule has 4 nitrogen and oxygen atoms in total. The summed E-state index contributed by atoms with van der Waals surface area (Å²) in [6.45, 7) is 3.20. The van der Waals surface area contributed by atoms with Gasteiger partial charge in [0.15, 0.2) is 6.79 Å². The van der Waals surface area contributed by atoms with Gasteiger partial charge in [-0.05, 0) is 13.8 Å². The molecule has 0 bridgehead atoms. The van der Waals surface area contributed by atoms with Gasteiger partial charge in [0.2, 0.25) is 0 Å². The quantitative estimate of drug-likeness (QED) is 0.479. The predicted octanol–water partition coefficient (Wildman–Crippen LogP) is 0.0991. The van der Waals surface area contributed by atoms with Gasteiger partial charge in [-0.15, -0.1) is 0 Å². The second-order valence-electron chi connectivity index (χ2n) is 2.80. The van der Waals surface area contributed by atoms with Crippen LogP contribution in [0.5, 0.6) is 0 Å². The molecule has 10 heavy (non-hydrogen) atoms. The van der Waals surface area contributed by atoms with Gasteiger partial charge in [0.1, 0.15) is 4.75 Å². The Morgan fingerprint density at radius 1 is 1.40 bits per heavy atom.